The Morgan fingerprint density at radius 2 is 1.92 bits per heavy atom. The molecule has 0 atom stereocenters. The number of ether oxygens (including phenoxy) is 1. The number of amides is 1. The van der Waals surface area contributed by atoms with Crippen molar-refractivity contribution < 1.29 is 9.53 Å². The molecule has 1 aromatic carbocycles. The molecule has 0 spiro atoms. The fourth-order valence-corrected chi connectivity index (χ4v) is 2.47. The van der Waals surface area contributed by atoms with Gasteiger partial charge in [-0.25, -0.2) is 4.68 Å². The summed E-state index contributed by atoms with van der Waals surface area (Å²) in [5, 5.41) is 11.1. The smallest absolute Gasteiger partial charge is 0.234 e. The Labute approximate surface area is 152 Å². The molecule has 0 bridgehead atoms. The van der Waals surface area contributed by atoms with E-state index >= 15 is 0 Å². The minimum Gasteiger partial charge on any atom is -0.497 e. The van der Waals surface area contributed by atoms with Crippen molar-refractivity contribution in [3.05, 3.63) is 29.0 Å². The van der Waals surface area contributed by atoms with E-state index in [1.807, 2.05) is 57.0 Å². The highest BCUT2D eigenvalue weighted by molar-refractivity contribution is 7.71. The molecule has 0 fully saturated rings. The number of nitrogens with one attached hydrogen (secondary N) is 1. The molecular weight excluding hydrogens is 340 g/mol. The number of benzene rings is 1. The molecule has 0 saturated heterocycles. The van der Waals surface area contributed by atoms with Gasteiger partial charge in [0.2, 0.25) is 10.7 Å². The molecule has 0 aliphatic carbocycles. The van der Waals surface area contributed by atoms with E-state index in [0.29, 0.717) is 11.4 Å². The molecule has 2 aromatic rings. The van der Waals surface area contributed by atoms with Gasteiger partial charge in [0.05, 0.1) is 26.0 Å². The monoisotopic (exact) mass is 364 g/mol. The fraction of sp³-hybridized carbons (Fsp3) is 0.500. The van der Waals surface area contributed by atoms with Crippen LogP contribution in [0.15, 0.2) is 24.3 Å². The van der Waals surface area contributed by atoms with Crippen LogP contribution in [0.25, 0.3) is 5.69 Å². The van der Waals surface area contributed by atoms with Crippen LogP contribution in [0, 0.1) is 4.77 Å². The topological polar surface area (TPSA) is 77.2 Å². The molecule has 0 radical (unpaired) electrons. The lowest BCUT2D eigenvalue weighted by Crippen LogP contribution is -2.45. The summed E-state index contributed by atoms with van der Waals surface area (Å²) in [5.41, 5.74) is 0.538. The van der Waals surface area contributed by atoms with E-state index < -0.39 is 0 Å². The van der Waals surface area contributed by atoms with Crippen molar-refractivity contribution in [2.45, 2.75) is 33.0 Å². The summed E-state index contributed by atoms with van der Waals surface area (Å²) >= 11 is 5.43. The first-order chi connectivity index (χ1) is 11.7. The number of likely N-dealkylation sites (N-methyl/N-ethyl adjacent to an activating group) is 1. The van der Waals surface area contributed by atoms with Crippen LogP contribution in [-0.4, -0.2) is 56.8 Å². The average Bonchev–Trinajstić information content (AvgIpc) is 2.86. The van der Waals surface area contributed by atoms with Gasteiger partial charge in [-0.1, -0.05) is 0 Å². The zero-order chi connectivity index (χ0) is 18.6. The lowest BCUT2D eigenvalue weighted by atomic mass is 10.1. The van der Waals surface area contributed by atoms with Gasteiger partial charge in [-0.3, -0.25) is 9.69 Å². The quantitative estimate of drug-likeness (QED) is 0.785. The van der Waals surface area contributed by atoms with Gasteiger partial charge < -0.3 is 10.1 Å². The Bertz CT molecular complexity index is 775. The Morgan fingerprint density at radius 1 is 1.28 bits per heavy atom. The van der Waals surface area contributed by atoms with E-state index in [0.717, 1.165) is 11.4 Å². The van der Waals surface area contributed by atoms with Crippen molar-refractivity contribution in [2.75, 3.05) is 20.7 Å². The number of hydrogen-bond acceptors (Lipinski definition) is 6. The molecule has 1 amide bonds. The van der Waals surface area contributed by atoms with Crippen molar-refractivity contribution in [2.24, 2.45) is 0 Å². The first-order valence-electron chi connectivity index (χ1n) is 7.86. The van der Waals surface area contributed by atoms with Crippen LogP contribution in [0.1, 0.15) is 20.8 Å². The van der Waals surface area contributed by atoms with Gasteiger partial charge in [-0.05, 0) is 74.7 Å². The van der Waals surface area contributed by atoms with Crippen LogP contribution in [-0.2, 0) is 11.5 Å². The number of hydrogen-bond donors (Lipinski definition) is 1. The predicted octanol–water partition coefficient (Wildman–Crippen LogP) is 1.61. The summed E-state index contributed by atoms with van der Waals surface area (Å²) in [7, 11) is 3.44. The van der Waals surface area contributed by atoms with Gasteiger partial charge in [-0.2, -0.15) is 4.68 Å². The fourth-order valence-electron chi connectivity index (χ4n) is 2.23. The largest absolute Gasteiger partial charge is 0.497 e. The molecular formula is C16H24N6O2S. The number of tetrazole rings is 1. The first kappa shape index (κ1) is 19.1. The van der Waals surface area contributed by atoms with E-state index in [1.165, 1.54) is 0 Å². The Morgan fingerprint density at radius 3 is 2.48 bits per heavy atom. The molecule has 0 saturated carbocycles. The number of methoxy groups -OCH3 is 1. The molecule has 9 heteroatoms. The molecule has 0 aliphatic heterocycles. The van der Waals surface area contributed by atoms with Gasteiger partial charge >= 0.3 is 0 Å². The highest BCUT2D eigenvalue weighted by Crippen LogP contribution is 2.14. The van der Waals surface area contributed by atoms with Gasteiger partial charge in [0, 0.05) is 5.54 Å². The minimum atomic E-state index is -0.258. The van der Waals surface area contributed by atoms with Crippen molar-refractivity contribution in [3.63, 3.8) is 0 Å². The molecule has 1 aromatic heterocycles. The number of carbonyl (C=O) groups is 1. The number of aromatic nitrogens is 4. The maximum atomic E-state index is 12.0. The van der Waals surface area contributed by atoms with Crippen molar-refractivity contribution in [1.82, 2.24) is 30.0 Å². The summed E-state index contributed by atoms with van der Waals surface area (Å²) < 4.78 is 8.74. The highest BCUT2D eigenvalue weighted by atomic mass is 32.1. The minimum absolute atomic E-state index is 0.0518. The van der Waals surface area contributed by atoms with Gasteiger partial charge in [0.15, 0.2) is 0 Å². The Kier molecular flexibility index (Phi) is 5.91. The highest BCUT2D eigenvalue weighted by Gasteiger charge is 2.16. The summed E-state index contributed by atoms with van der Waals surface area (Å²) in [6.07, 6.45) is 0. The molecule has 2 rings (SSSR count). The molecule has 1 N–H and O–H groups in total. The summed E-state index contributed by atoms with van der Waals surface area (Å²) in [5.74, 6) is 0.705. The second-order valence-electron chi connectivity index (χ2n) is 6.82. The molecule has 25 heavy (non-hydrogen) atoms. The third kappa shape index (κ3) is 5.36. The average molecular weight is 364 g/mol. The number of rotatable bonds is 6. The molecule has 1 heterocycles. The molecule has 0 aliphatic rings. The SMILES string of the molecule is COc1ccc(-n2nnn(CN(C)CC(=O)NC(C)(C)C)c2=S)cc1. The zero-order valence-electron chi connectivity index (χ0n) is 15.2. The van der Waals surface area contributed by atoms with Crippen LogP contribution >= 0.6 is 12.2 Å². The lowest BCUT2D eigenvalue weighted by Gasteiger charge is -2.23. The van der Waals surface area contributed by atoms with Crippen LogP contribution in [0.5, 0.6) is 5.75 Å². The standard InChI is InChI=1S/C16H24N6O2S/c1-16(2,3)17-14(23)10-20(4)11-21-15(25)22(19-18-21)12-6-8-13(24-5)9-7-12/h6-9H,10-11H2,1-5H3,(H,17,23). The Balaban J connectivity index is 2.05. The summed E-state index contributed by atoms with van der Waals surface area (Å²) in [6.45, 7) is 6.45. The normalized spacial score (nSPS) is 11.6. The predicted molar refractivity (Wildman–Crippen MR) is 97.3 cm³/mol. The van der Waals surface area contributed by atoms with E-state index in [1.54, 1.807) is 16.5 Å². The summed E-state index contributed by atoms with van der Waals surface area (Å²) in [6, 6.07) is 7.38. The molecule has 0 unspecified atom stereocenters. The van der Waals surface area contributed by atoms with Crippen LogP contribution < -0.4 is 10.1 Å². The first-order valence-corrected chi connectivity index (χ1v) is 8.27. The van der Waals surface area contributed by atoms with Crippen LogP contribution in [0.2, 0.25) is 0 Å². The second kappa shape index (κ2) is 7.75. The van der Waals surface area contributed by atoms with Crippen LogP contribution in [0.3, 0.4) is 0 Å². The van der Waals surface area contributed by atoms with Crippen molar-refractivity contribution >= 4 is 18.1 Å². The van der Waals surface area contributed by atoms with Crippen LogP contribution in [0.4, 0.5) is 0 Å². The second-order valence-corrected chi connectivity index (χ2v) is 7.19. The third-order valence-corrected chi connectivity index (χ3v) is 3.64. The Hall–Kier alpha value is -2.26. The van der Waals surface area contributed by atoms with E-state index in [2.05, 4.69) is 15.7 Å². The summed E-state index contributed by atoms with van der Waals surface area (Å²) in [4.78, 5) is 13.8. The van der Waals surface area contributed by atoms with E-state index in [-0.39, 0.29) is 18.0 Å². The van der Waals surface area contributed by atoms with E-state index in [4.69, 9.17) is 17.0 Å². The van der Waals surface area contributed by atoms with Gasteiger partial charge in [0.1, 0.15) is 5.75 Å². The van der Waals surface area contributed by atoms with E-state index in [9.17, 15) is 4.79 Å². The van der Waals surface area contributed by atoms with Gasteiger partial charge in [-0.15, -0.1) is 0 Å². The zero-order valence-corrected chi connectivity index (χ0v) is 16.0. The maximum Gasteiger partial charge on any atom is 0.234 e. The van der Waals surface area contributed by atoms with Crippen molar-refractivity contribution in [3.8, 4) is 11.4 Å². The van der Waals surface area contributed by atoms with Gasteiger partial charge in [0.25, 0.3) is 0 Å². The lowest BCUT2D eigenvalue weighted by molar-refractivity contribution is -0.123. The maximum absolute atomic E-state index is 12.0. The molecule has 136 valence electrons. The third-order valence-electron chi connectivity index (χ3n) is 3.26. The van der Waals surface area contributed by atoms with Crippen molar-refractivity contribution in [1.29, 1.82) is 0 Å². The number of carbonyl (C=O) groups excluding carboxylic acids is 1. The molecule has 8 nitrogen and oxygen atoms in total. The number of nitrogens with zero attached hydrogens (tertiary/aromatic N) is 5.